The zero-order valence-electron chi connectivity index (χ0n) is 10.5. The summed E-state index contributed by atoms with van der Waals surface area (Å²) < 4.78 is 19.5. The fourth-order valence-corrected chi connectivity index (χ4v) is 1.85. The van der Waals surface area contributed by atoms with Crippen molar-refractivity contribution >= 4 is 11.6 Å². The molecule has 0 bridgehead atoms. The summed E-state index contributed by atoms with van der Waals surface area (Å²) >= 11 is 0. The summed E-state index contributed by atoms with van der Waals surface area (Å²) in [6.45, 7) is 4.24. The van der Waals surface area contributed by atoms with Gasteiger partial charge in [0.1, 0.15) is 11.6 Å². The Balaban J connectivity index is 1.82. The van der Waals surface area contributed by atoms with E-state index in [-0.39, 0.29) is 5.82 Å². The van der Waals surface area contributed by atoms with Crippen LogP contribution in [0.3, 0.4) is 0 Å². The molecule has 0 atom stereocenters. The lowest BCUT2D eigenvalue weighted by Crippen LogP contribution is -2.03. The van der Waals surface area contributed by atoms with Gasteiger partial charge in [0.05, 0.1) is 11.9 Å². The van der Waals surface area contributed by atoms with Crippen molar-refractivity contribution < 1.29 is 8.91 Å². The highest BCUT2D eigenvalue weighted by Gasteiger charge is 2.10. The van der Waals surface area contributed by atoms with Crippen molar-refractivity contribution in [2.24, 2.45) is 0 Å². The molecule has 3 heterocycles. The van der Waals surface area contributed by atoms with Crippen molar-refractivity contribution in [2.75, 3.05) is 5.32 Å². The van der Waals surface area contributed by atoms with Crippen LogP contribution in [0, 0.1) is 19.7 Å². The van der Waals surface area contributed by atoms with Gasteiger partial charge in [0.25, 0.3) is 0 Å². The Labute approximate surface area is 108 Å². The number of hydrogen-bond donors (Lipinski definition) is 1. The second-order valence-corrected chi connectivity index (χ2v) is 4.24. The molecule has 0 unspecified atom stereocenters. The molecule has 19 heavy (non-hydrogen) atoms. The number of rotatable bonds is 3. The molecular formula is C12H12FN5O. The fourth-order valence-electron chi connectivity index (χ4n) is 1.85. The number of aryl methyl sites for hydroxylation is 2. The average Bonchev–Trinajstić information content (AvgIpc) is 2.91. The fraction of sp³-hybridized carbons (Fsp3) is 0.250. The summed E-state index contributed by atoms with van der Waals surface area (Å²) in [5.41, 5.74) is 2.40. The molecule has 0 fully saturated rings. The molecule has 3 rings (SSSR count). The number of halogens is 1. The molecule has 0 aliphatic heterocycles. The van der Waals surface area contributed by atoms with E-state index in [0.29, 0.717) is 18.1 Å². The molecule has 3 aromatic heterocycles. The number of pyridine rings is 1. The third-order valence-corrected chi connectivity index (χ3v) is 2.90. The van der Waals surface area contributed by atoms with Gasteiger partial charge in [-0.05, 0) is 26.0 Å². The van der Waals surface area contributed by atoms with Crippen LogP contribution >= 0.6 is 0 Å². The zero-order chi connectivity index (χ0) is 13.4. The molecule has 0 saturated heterocycles. The largest absolute Gasteiger partial charge is 0.361 e. The van der Waals surface area contributed by atoms with Crippen LogP contribution in [0.2, 0.25) is 0 Å². The molecule has 7 heteroatoms. The van der Waals surface area contributed by atoms with Crippen LogP contribution in [-0.2, 0) is 6.54 Å². The predicted octanol–water partition coefficient (Wildman–Crippen LogP) is 2.09. The minimum absolute atomic E-state index is 0.352. The Morgan fingerprint density at radius 1 is 1.37 bits per heavy atom. The lowest BCUT2D eigenvalue weighted by atomic mass is 10.2. The Morgan fingerprint density at radius 2 is 2.21 bits per heavy atom. The first-order chi connectivity index (χ1) is 9.13. The molecular weight excluding hydrogens is 249 g/mol. The molecule has 0 amide bonds. The maximum absolute atomic E-state index is 13.0. The summed E-state index contributed by atoms with van der Waals surface area (Å²) in [5, 5.41) is 11.1. The van der Waals surface area contributed by atoms with Crippen LogP contribution in [-0.4, -0.2) is 19.8 Å². The highest BCUT2D eigenvalue weighted by molar-refractivity contribution is 5.43. The Morgan fingerprint density at radius 3 is 2.95 bits per heavy atom. The first-order valence-corrected chi connectivity index (χ1v) is 5.81. The van der Waals surface area contributed by atoms with E-state index in [4.69, 9.17) is 4.52 Å². The van der Waals surface area contributed by atoms with Crippen molar-refractivity contribution in [1.82, 2.24) is 19.8 Å². The van der Waals surface area contributed by atoms with Gasteiger partial charge < -0.3 is 9.84 Å². The SMILES string of the molecule is Cc1noc(C)c1CNc1nc2ccc(F)cn2n1. The lowest BCUT2D eigenvalue weighted by molar-refractivity contribution is 0.392. The molecule has 0 radical (unpaired) electrons. The van der Waals surface area contributed by atoms with Gasteiger partial charge in [-0.25, -0.2) is 8.91 Å². The Hall–Kier alpha value is -2.44. The molecule has 98 valence electrons. The van der Waals surface area contributed by atoms with E-state index in [1.807, 2.05) is 13.8 Å². The highest BCUT2D eigenvalue weighted by Crippen LogP contribution is 2.14. The highest BCUT2D eigenvalue weighted by atomic mass is 19.1. The standard InChI is InChI=1S/C12H12FN5O/c1-7-10(8(2)19-17-7)5-14-12-15-11-4-3-9(13)6-18(11)16-12/h3-4,6H,5H2,1-2H3,(H,14,16). The third kappa shape index (κ3) is 2.14. The lowest BCUT2D eigenvalue weighted by Gasteiger charge is -2.00. The number of hydrogen-bond acceptors (Lipinski definition) is 5. The number of nitrogens with one attached hydrogen (secondary N) is 1. The number of fused-ring (bicyclic) bond motifs is 1. The van der Waals surface area contributed by atoms with Gasteiger partial charge in [0, 0.05) is 12.1 Å². The minimum atomic E-state index is -0.352. The van der Waals surface area contributed by atoms with Crippen LogP contribution in [0.4, 0.5) is 10.3 Å². The van der Waals surface area contributed by atoms with E-state index in [0.717, 1.165) is 17.0 Å². The van der Waals surface area contributed by atoms with Gasteiger partial charge in [-0.3, -0.25) is 0 Å². The van der Waals surface area contributed by atoms with Crippen molar-refractivity contribution in [3.63, 3.8) is 0 Å². The molecule has 3 aromatic rings. The van der Waals surface area contributed by atoms with Gasteiger partial charge in [0.2, 0.25) is 5.95 Å². The minimum Gasteiger partial charge on any atom is -0.361 e. The second-order valence-electron chi connectivity index (χ2n) is 4.24. The molecule has 0 aromatic carbocycles. The predicted molar refractivity (Wildman–Crippen MR) is 66.2 cm³/mol. The molecule has 0 spiro atoms. The quantitative estimate of drug-likeness (QED) is 0.781. The summed E-state index contributed by atoms with van der Waals surface area (Å²) in [4.78, 5) is 4.24. The monoisotopic (exact) mass is 261 g/mol. The second kappa shape index (κ2) is 4.34. The first kappa shape index (κ1) is 11.6. The third-order valence-electron chi connectivity index (χ3n) is 2.90. The summed E-state index contributed by atoms with van der Waals surface area (Å²) in [6.07, 6.45) is 1.28. The van der Waals surface area contributed by atoms with Crippen LogP contribution < -0.4 is 5.32 Å². The average molecular weight is 261 g/mol. The van der Waals surface area contributed by atoms with E-state index in [1.165, 1.54) is 16.8 Å². The number of nitrogens with zero attached hydrogens (tertiary/aromatic N) is 4. The smallest absolute Gasteiger partial charge is 0.243 e. The van der Waals surface area contributed by atoms with E-state index < -0.39 is 0 Å². The van der Waals surface area contributed by atoms with Gasteiger partial charge in [-0.1, -0.05) is 5.16 Å². The Bertz CT molecular complexity index is 713. The normalized spacial score (nSPS) is 11.1. The van der Waals surface area contributed by atoms with Crippen molar-refractivity contribution in [3.05, 3.63) is 41.2 Å². The van der Waals surface area contributed by atoms with Crippen LogP contribution in [0.25, 0.3) is 5.65 Å². The van der Waals surface area contributed by atoms with E-state index in [9.17, 15) is 4.39 Å². The van der Waals surface area contributed by atoms with E-state index >= 15 is 0 Å². The molecule has 0 saturated carbocycles. The zero-order valence-corrected chi connectivity index (χ0v) is 10.5. The first-order valence-electron chi connectivity index (χ1n) is 5.81. The molecule has 0 aliphatic rings. The van der Waals surface area contributed by atoms with E-state index in [1.54, 1.807) is 6.07 Å². The van der Waals surface area contributed by atoms with Gasteiger partial charge in [-0.15, -0.1) is 5.10 Å². The maximum Gasteiger partial charge on any atom is 0.243 e. The van der Waals surface area contributed by atoms with Gasteiger partial charge in [0.15, 0.2) is 5.65 Å². The Kier molecular flexibility index (Phi) is 2.66. The van der Waals surface area contributed by atoms with Gasteiger partial charge >= 0.3 is 0 Å². The topological polar surface area (TPSA) is 68.2 Å². The summed E-state index contributed by atoms with van der Waals surface area (Å²) in [5.74, 6) is 0.847. The van der Waals surface area contributed by atoms with Crippen molar-refractivity contribution in [2.45, 2.75) is 20.4 Å². The van der Waals surface area contributed by atoms with Crippen LogP contribution in [0.15, 0.2) is 22.9 Å². The van der Waals surface area contributed by atoms with Crippen LogP contribution in [0.1, 0.15) is 17.0 Å². The molecule has 0 aliphatic carbocycles. The van der Waals surface area contributed by atoms with E-state index in [2.05, 4.69) is 20.6 Å². The number of aromatic nitrogens is 4. The molecule has 6 nitrogen and oxygen atoms in total. The van der Waals surface area contributed by atoms with Gasteiger partial charge in [-0.2, -0.15) is 4.98 Å². The van der Waals surface area contributed by atoms with Crippen LogP contribution in [0.5, 0.6) is 0 Å². The summed E-state index contributed by atoms with van der Waals surface area (Å²) in [7, 11) is 0. The number of anilines is 1. The summed E-state index contributed by atoms with van der Waals surface area (Å²) in [6, 6.07) is 2.92. The van der Waals surface area contributed by atoms with Crippen molar-refractivity contribution in [3.8, 4) is 0 Å². The maximum atomic E-state index is 13.0. The van der Waals surface area contributed by atoms with Crippen molar-refractivity contribution in [1.29, 1.82) is 0 Å². The molecule has 1 N–H and O–H groups in total.